The first kappa shape index (κ1) is 19.7. The summed E-state index contributed by atoms with van der Waals surface area (Å²) < 4.78 is 16.1. The van der Waals surface area contributed by atoms with Gasteiger partial charge in [-0.3, -0.25) is 4.90 Å². The second-order valence-electron chi connectivity index (χ2n) is 8.28. The largest absolute Gasteiger partial charge is 0.367 e. The first-order valence-electron chi connectivity index (χ1n) is 9.87. The Balaban J connectivity index is 1.79. The van der Waals surface area contributed by atoms with Gasteiger partial charge in [-0.25, -0.2) is 9.07 Å². The van der Waals surface area contributed by atoms with Crippen LogP contribution in [0.2, 0.25) is 0 Å². The smallest absolute Gasteiger partial charge is 0.169 e. The number of para-hydroxylation sites is 1. The molecule has 0 aliphatic carbocycles. The molecule has 1 aliphatic heterocycles. The van der Waals surface area contributed by atoms with Gasteiger partial charge in [0.15, 0.2) is 5.82 Å². The topological polar surface area (TPSA) is 50.1 Å². The molecule has 27 heavy (non-hydrogen) atoms. The van der Waals surface area contributed by atoms with E-state index >= 15 is 0 Å². The number of tetrazole rings is 1. The Kier molecular flexibility index (Phi) is 5.79. The van der Waals surface area contributed by atoms with Crippen molar-refractivity contribution in [2.75, 3.05) is 31.1 Å². The second-order valence-corrected chi connectivity index (χ2v) is 8.28. The highest BCUT2D eigenvalue weighted by Gasteiger charge is 2.34. The zero-order valence-corrected chi connectivity index (χ0v) is 17.1. The minimum absolute atomic E-state index is 0.124. The Labute approximate surface area is 161 Å². The number of halogens is 1. The van der Waals surface area contributed by atoms with Crippen LogP contribution in [0.15, 0.2) is 24.3 Å². The van der Waals surface area contributed by atoms with E-state index in [2.05, 4.69) is 59.9 Å². The van der Waals surface area contributed by atoms with Crippen LogP contribution in [0, 0.1) is 11.7 Å². The lowest BCUT2D eigenvalue weighted by atomic mass is 9.97. The molecule has 6 nitrogen and oxygen atoms in total. The summed E-state index contributed by atoms with van der Waals surface area (Å²) in [5, 5.41) is 12.7. The van der Waals surface area contributed by atoms with Crippen LogP contribution >= 0.6 is 0 Å². The van der Waals surface area contributed by atoms with Crippen LogP contribution in [-0.4, -0.2) is 51.3 Å². The first-order valence-corrected chi connectivity index (χ1v) is 9.87. The van der Waals surface area contributed by atoms with Gasteiger partial charge in [-0.05, 0) is 48.7 Å². The molecular weight excluding hydrogens is 343 g/mol. The lowest BCUT2D eigenvalue weighted by Crippen LogP contribution is -2.49. The lowest BCUT2D eigenvalue weighted by molar-refractivity contribution is 0.126. The average Bonchev–Trinajstić information content (AvgIpc) is 3.13. The van der Waals surface area contributed by atoms with Crippen molar-refractivity contribution in [1.82, 2.24) is 25.1 Å². The molecule has 2 heterocycles. The summed E-state index contributed by atoms with van der Waals surface area (Å²) in [4.78, 5) is 4.57. The summed E-state index contributed by atoms with van der Waals surface area (Å²) in [7, 11) is 0. The van der Waals surface area contributed by atoms with Gasteiger partial charge in [-0.2, -0.15) is 0 Å². The first-order chi connectivity index (χ1) is 12.8. The zero-order chi connectivity index (χ0) is 19.6. The van der Waals surface area contributed by atoms with Gasteiger partial charge < -0.3 is 4.90 Å². The van der Waals surface area contributed by atoms with Crippen LogP contribution in [0.4, 0.5) is 10.1 Å². The molecule has 1 aliphatic rings. The van der Waals surface area contributed by atoms with Crippen molar-refractivity contribution in [2.24, 2.45) is 5.92 Å². The summed E-state index contributed by atoms with van der Waals surface area (Å²) in [5.41, 5.74) is 0.566. The second kappa shape index (κ2) is 7.92. The van der Waals surface area contributed by atoms with Gasteiger partial charge in [0, 0.05) is 26.2 Å². The van der Waals surface area contributed by atoms with Crippen molar-refractivity contribution < 1.29 is 4.39 Å². The highest BCUT2D eigenvalue weighted by molar-refractivity contribution is 5.48. The Hall–Kier alpha value is -2.02. The van der Waals surface area contributed by atoms with E-state index in [-0.39, 0.29) is 17.4 Å². The van der Waals surface area contributed by atoms with Gasteiger partial charge in [-0.15, -0.1) is 5.10 Å². The van der Waals surface area contributed by atoms with Crippen molar-refractivity contribution in [3.8, 4) is 0 Å². The van der Waals surface area contributed by atoms with Crippen LogP contribution in [0.5, 0.6) is 0 Å². The van der Waals surface area contributed by atoms with Gasteiger partial charge in [0.25, 0.3) is 0 Å². The molecule has 0 N–H and O–H groups in total. The standard InChI is InChI=1S/C20H31FN6/c1-6-20(4,5)27-19(22-23-24-27)18(15(2)3)26-13-11-25(12-14-26)17-10-8-7-9-16(17)21/h7-10,15,18H,6,11-14H2,1-5H3. The highest BCUT2D eigenvalue weighted by Crippen LogP contribution is 2.32. The minimum atomic E-state index is -0.153. The fourth-order valence-corrected chi connectivity index (χ4v) is 3.79. The zero-order valence-electron chi connectivity index (χ0n) is 17.1. The Morgan fingerprint density at radius 1 is 1.11 bits per heavy atom. The number of piperazine rings is 1. The fourth-order valence-electron chi connectivity index (χ4n) is 3.79. The van der Waals surface area contributed by atoms with Gasteiger partial charge in [0.2, 0.25) is 0 Å². The third-order valence-corrected chi connectivity index (χ3v) is 5.73. The molecule has 1 fully saturated rings. The third-order valence-electron chi connectivity index (χ3n) is 5.73. The number of anilines is 1. The number of hydrogen-bond donors (Lipinski definition) is 0. The molecule has 1 atom stereocenters. The van der Waals surface area contributed by atoms with Crippen molar-refractivity contribution in [3.63, 3.8) is 0 Å². The van der Waals surface area contributed by atoms with E-state index in [4.69, 9.17) is 0 Å². The maximum absolute atomic E-state index is 14.1. The molecule has 0 saturated carbocycles. The van der Waals surface area contributed by atoms with Crippen LogP contribution < -0.4 is 4.90 Å². The number of rotatable bonds is 6. The van der Waals surface area contributed by atoms with Crippen LogP contribution in [0.25, 0.3) is 0 Å². The van der Waals surface area contributed by atoms with E-state index in [0.29, 0.717) is 11.6 Å². The summed E-state index contributed by atoms with van der Waals surface area (Å²) >= 11 is 0. The predicted octanol–water partition coefficient (Wildman–Crippen LogP) is 3.48. The van der Waals surface area contributed by atoms with E-state index in [1.807, 2.05) is 16.8 Å². The fraction of sp³-hybridized carbons (Fsp3) is 0.650. The van der Waals surface area contributed by atoms with Gasteiger partial charge in [0.05, 0.1) is 17.3 Å². The number of hydrogen-bond acceptors (Lipinski definition) is 5. The Bertz CT molecular complexity index is 748. The van der Waals surface area contributed by atoms with E-state index < -0.39 is 0 Å². The summed E-state index contributed by atoms with van der Waals surface area (Å²) in [5.74, 6) is 1.15. The molecule has 0 bridgehead atoms. The molecule has 0 amide bonds. The molecule has 0 radical (unpaired) electrons. The van der Waals surface area contributed by atoms with E-state index in [9.17, 15) is 4.39 Å². The molecule has 1 aromatic carbocycles. The third kappa shape index (κ3) is 3.98. The molecular formula is C20H31FN6. The number of aromatic nitrogens is 4. The van der Waals surface area contributed by atoms with Gasteiger partial charge in [-0.1, -0.05) is 32.9 Å². The normalized spacial score (nSPS) is 17.5. The Morgan fingerprint density at radius 2 is 1.78 bits per heavy atom. The van der Waals surface area contributed by atoms with Crippen molar-refractivity contribution >= 4 is 5.69 Å². The van der Waals surface area contributed by atoms with Gasteiger partial charge >= 0.3 is 0 Å². The van der Waals surface area contributed by atoms with Crippen LogP contribution in [-0.2, 0) is 5.54 Å². The molecule has 7 heteroatoms. The van der Waals surface area contributed by atoms with Gasteiger partial charge in [0.1, 0.15) is 5.82 Å². The quantitative estimate of drug-likeness (QED) is 0.775. The molecule has 1 unspecified atom stereocenters. The molecule has 1 aromatic heterocycles. The average molecular weight is 375 g/mol. The molecule has 148 valence electrons. The number of benzene rings is 1. The summed E-state index contributed by atoms with van der Waals surface area (Å²) in [6.07, 6.45) is 0.955. The summed E-state index contributed by atoms with van der Waals surface area (Å²) in [6, 6.07) is 7.16. The van der Waals surface area contributed by atoms with Crippen molar-refractivity contribution in [2.45, 2.75) is 52.6 Å². The van der Waals surface area contributed by atoms with Crippen LogP contribution in [0.1, 0.15) is 52.9 Å². The lowest BCUT2D eigenvalue weighted by Gasteiger charge is -2.41. The van der Waals surface area contributed by atoms with Crippen LogP contribution in [0.3, 0.4) is 0 Å². The number of nitrogens with zero attached hydrogens (tertiary/aromatic N) is 6. The molecule has 3 rings (SSSR count). The van der Waals surface area contributed by atoms with E-state index in [0.717, 1.165) is 38.4 Å². The maximum atomic E-state index is 14.1. The maximum Gasteiger partial charge on any atom is 0.169 e. The van der Waals surface area contributed by atoms with Crippen molar-refractivity contribution in [1.29, 1.82) is 0 Å². The molecule has 1 saturated heterocycles. The Morgan fingerprint density at radius 3 is 2.37 bits per heavy atom. The minimum Gasteiger partial charge on any atom is -0.367 e. The van der Waals surface area contributed by atoms with E-state index in [1.54, 1.807) is 6.07 Å². The SMILES string of the molecule is CCC(C)(C)n1nnnc1C(C(C)C)N1CCN(c2ccccc2F)CC1. The monoisotopic (exact) mass is 374 g/mol. The predicted molar refractivity (Wildman–Crippen MR) is 105 cm³/mol. The van der Waals surface area contributed by atoms with E-state index in [1.165, 1.54) is 6.07 Å². The summed E-state index contributed by atoms with van der Waals surface area (Å²) in [6.45, 7) is 14.2. The molecule has 2 aromatic rings. The molecule has 0 spiro atoms. The van der Waals surface area contributed by atoms with Crippen molar-refractivity contribution in [3.05, 3.63) is 35.9 Å². The highest BCUT2D eigenvalue weighted by atomic mass is 19.1.